The number of rotatable bonds is 1. The number of carbonyl (C=O) groups is 1. The van der Waals surface area contributed by atoms with Crippen LogP contribution in [0.3, 0.4) is 0 Å². The summed E-state index contributed by atoms with van der Waals surface area (Å²) in [7, 11) is 0. The summed E-state index contributed by atoms with van der Waals surface area (Å²) in [4.78, 5) is 20.1. The van der Waals surface area contributed by atoms with Crippen molar-refractivity contribution >= 4 is 39.7 Å². The average Bonchev–Trinajstić information content (AvgIpc) is 3.21. The molecule has 5 rings (SSSR count). The normalized spacial score (nSPS) is 19.1. The van der Waals surface area contributed by atoms with Gasteiger partial charge in [-0.1, -0.05) is 42.2 Å². The van der Waals surface area contributed by atoms with E-state index in [4.69, 9.17) is 0 Å². The largest absolute Gasteiger partial charge is 0.871 e. The Labute approximate surface area is 137 Å². The molecule has 1 N–H and O–H groups in total. The molecule has 4 nitrogen and oxygen atoms in total. The van der Waals surface area contributed by atoms with Gasteiger partial charge >= 0.3 is 0 Å². The average molecular weight is 311 g/mol. The molecule has 0 bridgehead atoms. The Morgan fingerprint density at radius 1 is 0.917 bits per heavy atom. The van der Waals surface area contributed by atoms with E-state index in [0.717, 1.165) is 22.2 Å². The van der Waals surface area contributed by atoms with Crippen molar-refractivity contribution in [1.29, 1.82) is 0 Å². The quantitative estimate of drug-likeness (QED) is 0.702. The van der Waals surface area contributed by atoms with Crippen molar-refractivity contribution in [1.82, 2.24) is 4.98 Å². The second kappa shape index (κ2) is 4.55. The molecular formula is C20H11N2O2-. The standard InChI is InChI=1S/C20H12N2O2/c23-19-17(13-9-21-15-7-3-1-5-11(13)15)20(24)18(19)14-10-22-16-8-4-2-6-12(14)16/h1-10,21,23H/p-1/b18-14-. The SMILES string of the molecule is O=C1C(c2c[nH]c3ccccc23)=C([O-])/C1=C1\C=Nc2ccccc21. The highest BCUT2D eigenvalue weighted by Crippen LogP contribution is 2.43. The molecule has 3 aromatic rings. The maximum atomic E-state index is 12.7. The van der Waals surface area contributed by atoms with Gasteiger partial charge in [-0.25, -0.2) is 0 Å². The first-order valence-electron chi connectivity index (χ1n) is 7.66. The fraction of sp³-hybridized carbons (Fsp3) is 0. The number of hydrogen-bond acceptors (Lipinski definition) is 3. The van der Waals surface area contributed by atoms with Gasteiger partial charge in [0.25, 0.3) is 0 Å². The maximum Gasteiger partial charge on any atom is 0.193 e. The van der Waals surface area contributed by atoms with Crippen LogP contribution in [0.15, 0.2) is 71.1 Å². The zero-order valence-electron chi connectivity index (χ0n) is 12.5. The van der Waals surface area contributed by atoms with Gasteiger partial charge < -0.3 is 10.1 Å². The lowest BCUT2D eigenvalue weighted by molar-refractivity contribution is -0.297. The van der Waals surface area contributed by atoms with E-state index in [9.17, 15) is 9.90 Å². The number of aliphatic imine (C=N–C) groups is 1. The van der Waals surface area contributed by atoms with Crippen molar-refractivity contribution in [3.05, 3.63) is 77.2 Å². The summed E-state index contributed by atoms with van der Waals surface area (Å²) < 4.78 is 0. The summed E-state index contributed by atoms with van der Waals surface area (Å²) in [5, 5.41) is 13.6. The predicted molar refractivity (Wildman–Crippen MR) is 91.7 cm³/mol. The number of ketones is 1. The Balaban J connectivity index is 1.71. The minimum atomic E-state index is -0.206. The van der Waals surface area contributed by atoms with Gasteiger partial charge in [0.1, 0.15) is 0 Å². The lowest BCUT2D eigenvalue weighted by Crippen LogP contribution is -2.30. The van der Waals surface area contributed by atoms with Crippen molar-refractivity contribution < 1.29 is 9.90 Å². The number of fused-ring (bicyclic) bond motifs is 2. The number of benzene rings is 2. The van der Waals surface area contributed by atoms with Crippen LogP contribution in [0.4, 0.5) is 5.69 Å². The molecule has 0 unspecified atom stereocenters. The highest BCUT2D eigenvalue weighted by molar-refractivity contribution is 6.45. The Kier molecular flexibility index (Phi) is 2.48. The first-order valence-corrected chi connectivity index (χ1v) is 7.66. The number of nitrogens with one attached hydrogen (secondary N) is 1. The molecule has 2 aliphatic rings. The molecular weight excluding hydrogens is 300 g/mol. The Hall–Kier alpha value is -3.40. The molecule has 0 atom stereocenters. The lowest BCUT2D eigenvalue weighted by atomic mass is 9.80. The van der Waals surface area contributed by atoms with Crippen LogP contribution in [0.2, 0.25) is 0 Å². The molecule has 2 aromatic carbocycles. The van der Waals surface area contributed by atoms with Crippen LogP contribution in [-0.2, 0) is 4.79 Å². The minimum Gasteiger partial charge on any atom is -0.871 e. The van der Waals surface area contributed by atoms with Crippen molar-refractivity contribution in [2.75, 3.05) is 0 Å². The number of H-pyrrole nitrogens is 1. The fourth-order valence-corrected chi connectivity index (χ4v) is 3.38. The fourth-order valence-electron chi connectivity index (χ4n) is 3.38. The topological polar surface area (TPSA) is 68.3 Å². The Morgan fingerprint density at radius 2 is 1.71 bits per heavy atom. The molecule has 1 aliphatic heterocycles. The van der Waals surface area contributed by atoms with Crippen molar-refractivity contribution in [2.45, 2.75) is 0 Å². The van der Waals surface area contributed by atoms with E-state index in [-0.39, 0.29) is 22.7 Å². The number of allylic oxidation sites excluding steroid dienone is 3. The Morgan fingerprint density at radius 3 is 2.58 bits per heavy atom. The maximum absolute atomic E-state index is 12.7. The molecule has 0 saturated heterocycles. The van der Waals surface area contributed by atoms with Gasteiger partial charge in [-0.15, -0.1) is 0 Å². The summed E-state index contributed by atoms with van der Waals surface area (Å²) in [6, 6.07) is 15.2. The molecule has 1 aromatic heterocycles. The molecule has 2 heterocycles. The van der Waals surface area contributed by atoms with E-state index in [1.54, 1.807) is 12.4 Å². The van der Waals surface area contributed by atoms with Crippen molar-refractivity contribution in [3.8, 4) is 0 Å². The summed E-state index contributed by atoms with van der Waals surface area (Å²) >= 11 is 0. The minimum absolute atomic E-state index is 0.206. The number of Topliss-reactive ketones (excluding diaryl/α,β-unsaturated/α-hetero) is 1. The predicted octanol–water partition coefficient (Wildman–Crippen LogP) is 2.99. The molecule has 0 saturated carbocycles. The number of carbonyl (C=O) groups excluding carboxylic acids is 1. The summed E-state index contributed by atoms with van der Waals surface area (Å²) in [5.74, 6) is -0.411. The number of nitrogens with zero attached hydrogens (tertiary/aromatic N) is 1. The zero-order chi connectivity index (χ0) is 16.3. The van der Waals surface area contributed by atoms with Crippen LogP contribution in [-0.4, -0.2) is 17.0 Å². The van der Waals surface area contributed by atoms with E-state index in [1.165, 1.54) is 0 Å². The number of para-hydroxylation sites is 2. The van der Waals surface area contributed by atoms with Gasteiger partial charge in [0.05, 0.1) is 5.69 Å². The van der Waals surface area contributed by atoms with E-state index in [2.05, 4.69) is 9.98 Å². The van der Waals surface area contributed by atoms with Crippen molar-refractivity contribution in [2.24, 2.45) is 4.99 Å². The van der Waals surface area contributed by atoms with E-state index >= 15 is 0 Å². The molecule has 114 valence electrons. The van der Waals surface area contributed by atoms with Gasteiger partial charge in [-0.3, -0.25) is 9.79 Å². The summed E-state index contributed by atoms with van der Waals surface area (Å²) in [6.07, 6.45) is 3.34. The van der Waals surface area contributed by atoms with Gasteiger partial charge in [0.15, 0.2) is 5.78 Å². The number of hydrogen-bond donors (Lipinski definition) is 1. The third-order valence-corrected chi connectivity index (χ3v) is 4.56. The van der Waals surface area contributed by atoms with Crippen LogP contribution >= 0.6 is 0 Å². The summed E-state index contributed by atoms with van der Waals surface area (Å²) in [6.45, 7) is 0. The zero-order valence-corrected chi connectivity index (χ0v) is 12.5. The lowest BCUT2D eigenvalue weighted by Gasteiger charge is -2.31. The molecule has 0 spiro atoms. The van der Waals surface area contributed by atoms with Gasteiger partial charge in [0.2, 0.25) is 0 Å². The van der Waals surface area contributed by atoms with Gasteiger partial charge in [-0.05, 0) is 12.1 Å². The van der Waals surface area contributed by atoms with Crippen LogP contribution in [0.25, 0.3) is 22.0 Å². The molecule has 0 fully saturated rings. The number of aromatic amines is 1. The van der Waals surface area contributed by atoms with E-state index < -0.39 is 0 Å². The highest BCUT2D eigenvalue weighted by Gasteiger charge is 2.33. The second-order valence-electron chi connectivity index (χ2n) is 5.85. The first kappa shape index (κ1) is 13.1. The van der Waals surface area contributed by atoms with Crippen LogP contribution in [0.5, 0.6) is 0 Å². The molecule has 0 amide bonds. The third kappa shape index (κ3) is 1.57. The Bertz CT molecular complexity index is 1130. The summed E-state index contributed by atoms with van der Waals surface area (Å²) in [5.41, 5.74) is 4.34. The number of aromatic nitrogens is 1. The third-order valence-electron chi connectivity index (χ3n) is 4.56. The first-order chi connectivity index (χ1) is 11.8. The van der Waals surface area contributed by atoms with E-state index in [0.29, 0.717) is 11.1 Å². The smallest absolute Gasteiger partial charge is 0.193 e. The van der Waals surface area contributed by atoms with Gasteiger partial charge in [0, 0.05) is 51.2 Å². The van der Waals surface area contributed by atoms with Crippen molar-refractivity contribution in [3.63, 3.8) is 0 Å². The van der Waals surface area contributed by atoms with Gasteiger partial charge in [-0.2, -0.15) is 0 Å². The van der Waals surface area contributed by atoms with Crippen LogP contribution < -0.4 is 5.11 Å². The molecule has 4 heteroatoms. The monoisotopic (exact) mass is 311 g/mol. The van der Waals surface area contributed by atoms with Crippen LogP contribution in [0.1, 0.15) is 11.1 Å². The second-order valence-corrected chi connectivity index (χ2v) is 5.85. The van der Waals surface area contributed by atoms with Crippen LogP contribution in [0, 0.1) is 0 Å². The van der Waals surface area contributed by atoms with E-state index in [1.807, 2.05) is 48.5 Å². The molecule has 0 radical (unpaired) electrons. The molecule has 1 aliphatic carbocycles. The highest BCUT2D eigenvalue weighted by atomic mass is 16.3. The molecule has 24 heavy (non-hydrogen) atoms.